The molecule has 0 atom stereocenters. The summed E-state index contributed by atoms with van der Waals surface area (Å²) in [4.78, 5) is 19.5. The fraction of sp³-hybridized carbons (Fsp3) is 0.222. The SMILES string of the molecule is CN(Cc1ccc(Br)s1)C(=O)Cc1csc(-c2ccc(C(F)(F)F)cc2)n1. The highest BCUT2D eigenvalue weighted by atomic mass is 79.9. The van der Waals surface area contributed by atoms with E-state index in [1.54, 1.807) is 28.7 Å². The summed E-state index contributed by atoms with van der Waals surface area (Å²) in [6.07, 6.45) is -4.21. The summed E-state index contributed by atoms with van der Waals surface area (Å²) in [5, 5.41) is 2.36. The molecule has 3 nitrogen and oxygen atoms in total. The second kappa shape index (κ2) is 8.12. The van der Waals surface area contributed by atoms with Gasteiger partial charge < -0.3 is 4.90 Å². The molecule has 2 heterocycles. The van der Waals surface area contributed by atoms with Crippen LogP contribution in [0.1, 0.15) is 16.1 Å². The summed E-state index contributed by atoms with van der Waals surface area (Å²) in [6.45, 7) is 0.519. The molecular weight excluding hydrogens is 461 g/mol. The largest absolute Gasteiger partial charge is 0.416 e. The smallest absolute Gasteiger partial charge is 0.340 e. The van der Waals surface area contributed by atoms with Crippen molar-refractivity contribution in [1.29, 1.82) is 0 Å². The van der Waals surface area contributed by atoms with Gasteiger partial charge in [0.15, 0.2) is 0 Å². The van der Waals surface area contributed by atoms with Crippen LogP contribution in [0.4, 0.5) is 13.2 Å². The highest BCUT2D eigenvalue weighted by molar-refractivity contribution is 9.11. The first-order chi connectivity index (χ1) is 12.7. The average Bonchev–Trinajstić information content (AvgIpc) is 3.23. The molecular formula is C18H14BrF3N2OS2. The number of alkyl halides is 3. The van der Waals surface area contributed by atoms with Gasteiger partial charge in [0.2, 0.25) is 5.91 Å². The third kappa shape index (κ3) is 5.18. The Bertz CT molecular complexity index is 935. The molecule has 0 aliphatic heterocycles. The second-order valence-corrected chi connectivity index (χ2v) is 9.26. The maximum Gasteiger partial charge on any atom is 0.416 e. The van der Waals surface area contributed by atoms with Crippen LogP contribution in [0.15, 0.2) is 45.6 Å². The minimum atomic E-state index is -4.36. The van der Waals surface area contributed by atoms with Crippen molar-refractivity contribution in [2.75, 3.05) is 7.05 Å². The number of rotatable bonds is 5. The van der Waals surface area contributed by atoms with Crippen molar-refractivity contribution in [1.82, 2.24) is 9.88 Å². The number of benzene rings is 1. The topological polar surface area (TPSA) is 33.2 Å². The van der Waals surface area contributed by atoms with E-state index in [2.05, 4.69) is 20.9 Å². The maximum absolute atomic E-state index is 12.6. The number of likely N-dealkylation sites (N-methyl/N-ethyl adjacent to an activating group) is 1. The van der Waals surface area contributed by atoms with Crippen molar-refractivity contribution in [2.45, 2.75) is 19.1 Å². The van der Waals surface area contributed by atoms with Gasteiger partial charge in [-0.3, -0.25) is 4.79 Å². The van der Waals surface area contributed by atoms with Gasteiger partial charge in [0.05, 0.1) is 28.0 Å². The van der Waals surface area contributed by atoms with E-state index in [1.807, 2.05) is 12.1 Å². The third-order valence-electron chi connectivity index (χ3n) is 3.79. The van der Waals surface area contributed by atoms with Gasteiger partial charge in [0.25, 0.3) is 0 Å². The molecule has 2 aromatic heterocycles. The summed E-state index contributed by atoms with van der Waals surface area (Å²) >= 11 is 6.28. The number of carbonyl (C=O) groups excluding carboxylic acids is 1. The number of thiophene rings is 1. The minimum Gasteiger partial charge on any atom is -0.340 e. The standard InChI is InChI=1S/C18H14BrF3N2OS2/c1-24(9-14-6-7-15(19)27-14)16(25)8-13-10-26-17(23-13)11-2-4-12(5-3-11)18(20,21)22/h2-7,10H,8-9H2,1H3. The number of aromatic nitrogens is 1. The van der Waals surface area contributed by atoms with E-state index in [0.717, 1.165) is 20.8 Å². The van der Waals surface area contributed by atoms with Gasteiger partial charge in [-0.05, 0) is 40.2 Å². The van der Waals surface area contributed by atoms with Crippen LogP contribution in [0, 0.1) is 0 Å². The van der Waals surface area contributed by atoms with E-state index in [9.17, 15) is 18.0 Å². The molecule has 1 amide bonds. The highest BCUT2D eigenvalue weighted by Crippen LogP contribution is 2.32. The van der Waals surface area contributed by atoms with Crippen LogP contribution < -0.4 is 0 Å². The zero-order valence-electron chi connectivity index (χ0n) is 14.1. The van der Waals surface area contributed by atoms with E-state index in [0.29, 0.717) is 22.8 Å². The van der Waals surface area contributed by atoms with Crippen LogP contribution in [0.3, 0.4) is 0 Å². The number of nitrogens with zero attached hydrogens (tertiary/aromatic N) is 2. The number of amides is 1. The molecule has 0 aliphatic carbocycles. The first-order valence-electron chi connectivity index (χ1n) is 7.82. The van der Waals surface area contributed by atoms with Crippen molar-refractivity contribution >= 4 is 44.5 Å². The van der Waals surface area contributed by atoms with Crippen LogP contribution >= 0.6 is 38.6 Å². The van der Waals surface area contributed by atoms with E-state index in [4.69, 9.17) is 0 Å². The summed E-state index contributed by atoms with van der Waals surface area (Å²) in [6, 6.07) is 8.77. The average molecular weight is 475 g/mol. The van der Waals surface area contributed by atoms with Gasteiger partial charge >= 0.3 is 6.18 Å². The van der Waals surface area contributed by atoms with Crippen LogP contribution in [-0.2, 0) is 23.9 Å². The lowest BCUT2D eigenvalue weighted by Gasteiger charge is -2.15. The van der Waals surface area contributed by atoms with Gasteiger partial charge in [-0.1, -0.05) is 12.1 Å². The van der Waals surface area contributed by atoms with Crippen LogP contribution in [0.2, 0.25) is 0 Å². The molecule has 9 heteroatoms. The van der Waals surface area contributed by atoms with Crippen molar-refractivity contribution in [3.05, 3.63) is 61.7 Å². The predicted molar refractivity (Wildman–Crippen MR) is 105 cm³/mol. The lowest BCUT2D eigenvalue weighted by molar-refractivity contribution is -0.137. The number of halogens is 4. The monoisotopic (exact) mass is 474 g/mol. The summed E-state index contributed by atoms with van der Waals surface area (Å²) in [5.41, 5.74) is 0.516. The van der Waals surface area contributed by atoms with E-state index in [-0.39, 0.29) is 12.3 Å². The Morgan fingerprint density at radius 1 is 1.19 bits per heavy atom. The first-order valence-corrected chi connectivity index (χ1v) is 10.3. The summed E-state index contributed by atoms with van der Waals surface area (Å²) in [5.74, 6) is -0.0659. The summed E-state index contributed by atoms with van der Waals surface area (Å²) < 4.78 is 39.0. The number of hydrogen-bond donors (Lipinski definition) is 0. The fourth-order valence-electron chi connectivity index (χ4n) is 2.37. The molecule has 142 valence electrons. The molecule has 0 spiro atoms. The Labute approximate surface area is 170 Å². The molecule has 0 aliphatic rings. The molecule has 3 aromatic rings. The lowest BCUT2D eigenvalue weighted by Crippen LogP contribution is -2.27. The van der Waals surface area contributed by atoms with Gasteiger partial charge in [-0.15, -0.1) is 22.7 Å². The quantitative estimate of drug-likeness (QED) is 0.464. The van der Waals surface area contributed by atoms with E-state index in [1.165, 1.54) is 23.5 Å². The minimum absolute atomic E-state index is 0.0659. The van der Waals surface area contributed by atoms with Crippen molar-refractivity contribution < 1.29 is 18.0 Å². The van der Waals surface area contributed by atoms with Crippen LogP contribution in [0.25, 0.3) is 10.6 Å². The Morgan fingerprint density at radius 2 is 1.89 bits per heavy atom. The van der Waals surface area contributed by atoms with Crippen LogP contribution in [0.5, 0.6) is 0 Å². The fourth-order valence-corrected chi connectivity index (χ4v) is 4.73. The molecule has 0 bridgehead atoms. The Balaban J connectivity index is 1.64. The Morgan fingerprint density at radius 3 is 2.48 bits per heavy atom. The van der Waals surface area contributed by atoms with Crippen LogP contribution in [-0.4, -0.2) is 22.8 Å². The predicted octanol–water partition coefficient (Wildman–Crippen LogP) is 5.85. The molecule has 0 fully saturated rings. The van der Waals surface area contributed by atoms with Gasteiger partial charge in [0.1, 0.15) is 5.01 Å². The van der Waals surface area contributed by atoms with Crippen molar-refractivity contribution in [3.63, 3.8) is 0 Å². The molecule has 27 heavy (non-hydrogen) atoms. The Hall–Kier alpha value is -1.71. The lowest BCUT2D eigenvalue weighted by atomic mass is 10.1. The molecule has 0 saturated carbocycles. The third-order valence-corrected chi connectivity index (χ3v) is 6.34. The second-order valence-electron chi connectivity index (χ2n) is 5.85. The number of hydrogen-bond acceptors (Lipinski definition) is 4. The van der Waals surface area contributed by atoms with Gasteiger partial charge in [-0.25, -0.2) is 4.98 Å². The van der Waals surface area contributed by atoms with Gasteiger partial charge in [0, 0.05) is 22.9 Å². The van der Waals surface area contributed by atoms with E-state index < -0.39 is 11.7 Å². The molecule has 3 rings (SSSR count). The highest BCUT2D eigenvalue weighted by Gasteiger charge is 2.30. The number of carbonyl (C=O) groups is 1. The Kier molecular flexibility index (Phi) is 6.02. The number of thiazole rings is 1. The zero-order valence-corrected chi connectivity index (χ0v) is 17.3. The van der Waals surface area contributed by atoms with Crippen molar-refractivity contribution in [3.8, 4) is 10.6 Å². The molecule has 0 unspecified atom stereocenters. The van der Waals surface area contributed by atoms with Crippen molar-refractivity contribution in [2.24, 2.45) is 0 Å². The molecule has 0 saturated heterocycles. The zero-order chi connectivity index (χ0) is 19.6. The summed E-state index contributed by atoms with van der Waals surface area (Å²) in [7, 11) is 1.74. The van der Waals surface area contributed by atoms with E-state index >= 15 is 0 Å². The molecule has 0 radical (unpaired) electrons. The first kappa shape index (κ1) is 20.0. The molecule has 0 N–H and O–H groups in total. The molecule has 1 aromatic carbocycles. The van der Waals surface area contributed by atoms with Gasteiger partial charge in [-0.2, -0.15) is 13.2 Å². The maximum atomic E-state index is 12.6. The normalized spacial score (nSPS) is 11.6.